The minimum atomic E-state index is -0.218. The molecule has 19 heavy (non-hydrogen) atoms. The lowest BCUT2D eigenvalue weighted by Crippen LogP contribution is -2.48. The molecular formula is C14H23N3O2. The number of methoxy groups -OCH3 is 1. The highest BCUT2D eigenvalue weighted by molar-refractivity contribution is 6.01. The van der Waals surface area contributed by atoms with Gasteiger partial charge in [0.25, 0.3) is 5.91 Å². The molecule has 0 atom stereocenters. The molecule has 0 aromatic heterocycles. The van der Waals surface area contributed by atoms with Crippen LogP contribution in [0.25, 0.3) is 0 Å². The van der Waals surface area contributed by atoms with E-state index in [9.17, 15) is 4.79 Å². The van der Waals surface area contributed by atoms with E-state index in [1.165, 1.54) is 7.11 Å². The zero-order chi connectivity index (χ0) is 14.6. The molecule has 106 valence electrons. The Bertz CT molecular complexity index is 456. The van der Waals surface area contributed by atoms with Gasteiger partial charge in [-0.15, -0.1) is 0 Å². The number of nitrogens with two attached hydrogens (primary N) is 1. The van der Waals surface area contributed by atoms with Crippen LogP contribution in [0.5, 0.6) is 5.75 Å². The van der Waals surface area contributed by atoms with Crippen molar-refractivity contribution >= 4 is 11.6 Å². The Hall–Kier alpha value is -1.75. The molecule has 0 unspecified atom stereocenters. The van der Waals surface area contributed by atoms with Crippen molar-refractivity contribution < 1.29 is 9.53 Å². The highest BCUT2D eigenvalue weighted by Gasteiger charge is 2.23. The minimum Gasteiger partial charge on any atom is -0.496 e. The zero-order valence-corrected chi connectivity index (χ0v) is 12.3. The molecule has 5 nitrogen and oxygen atoms in total. The Morgan fingerprint density at radius 3 is 2.58 bits per heavy atom. The number of benzene rings is 1. The van der Waals surface area contributed by atoms with E-state index < -0.39 is 0 Å². The SMILES string of the molecule is COc1cccc(N)c1C(=O)NCC(C)(C)N(C)C. The molecule has 5 heteroatoms. The molecule has 0 bridgehead atoms. The molecule has 0 aliphatic heterocycles. The summed E-state index contributed by atoms with van der Waals surface area (Å²) >= 11 is 0. The molecule has 0 radical (unpaired) electrons. The van der Waals surface area contributed by atoms with Gasteiger partial charge < -0.3 is 20.7 Å². The quantitative estimate of drug-likeness (QED) is 0.789. The minimum absolute atomic E-state index is 0.133. The zero-order valence-electron chi connectivity index (χ0n) is 12.3. The molecule has 0 fully saturated rings. The lowest BCUT2D eigenvalue weighted by Gasteiger charge is -2.32. The van der Waals surface area contributed by atoms with E-state index in [4.69, 9.17) is 10.5 Å². The van der Waals surface area contributed by atoms with Crippen molar-refractivity contribution in [3.63, 3.8) is 0 Å². The van der Waals surface area contributed by atoms with Crippen LogP contribution >= 0.6 is 0 Å². The summed E-state index contributed by atoms with van der Waals surface area (Å²) in [7, 11) is 5.47. The van der Waals surface area contributed by atoms with E-state index in [-0.39, 0.29) is 11.4 Å². The summed E-state index contributed by atoms with van der Waals surface area (Å²) in [6.07, 6.45) is 0. The number of carbonyl (C=O) groups is 1. The van der Waals surface area contributed by atoms with Gasteiger partial charge in [-0.1, -0.05) is 6.07 Å². The number of anilines is 1. The number of hydrogen-bond donors (Lipinski definition) is 2. The third-order valence-electron chi connectivity index (χ3n) is 3.40. The summed E-state index contributed by atoms with van der Waals surface area (Å²) in [6.45, 7) is 4.63. The van der Waals surface area contributed by atoms with Gasteiger partial charge in [-0.25, -0.2) is 0 Å². The van der Waals surface area contributed by atoms with E-state index in [1.807, 2.05) is 14.1 Å². The lowest BCUT2D eigenvalue weighted by molar-refractivity contribution is 0.0917. The predicted molar refractivity (Wildman–Crippen MR) is 77.5 cm³/mol. The summed E-state index contributed by atoms with van der Waals surface area (Å²) in [5, 5.41) is 2.90. The van der Waals surface area contributed by atoms with E-state index in [0.29, 0.717) is 23.5 Å². The Kier molecular flexibility index (Phi) is 4.78. The van der Waals surface area contributed by atoms with Crippen molar-refractivity contribution in [2.24, 2.45) is 0 Å². The summed E-state index contributed by atoms with van der Waals surface area (Å²) < 4.78 is 5.18. The second-order valence-corrected chi connectivity index (χ2v) is 5.31. The first-order valence-corrected chi connectivity index (χ1v) is 6.17. The van der Waals surface area contributed by atoms with Crippen LogP contribution in [0.3, 0.4) is 0 Å². The van der Waals surface area contributed by atoms with Crippen LogP contribution < -0.4 is 15.8 Å². The maximum atomic E-state index is 12.2. The maximum absolute atomic E-state index is 12.2. The van der Waals surface area contributed by atoms with Crippen LogP contribution in [-0.4, -0.2) is 44.1 Å². The first kappa shape index (κ1) is 15.3. The monoisotopic (exact) mass is 265 g/mol. The van der Waals surface area contributed by atoms with Gasteiger partial charge >= 0.3 is 0 Å². The fourth-order valence-electron chi connectivity index (χ4n) is 1.50. The fraction of sp³-hybridized carbons (Fsp3) is 0.500. The topological polar surface area (TPSA) is 67.6 Å². The normalized spacial score (nSPS) is 11.5. The molecule has 1 rings (SSSR count). The summed E-state index contributed by atoms with van der Waals surface area (Å²) in [5.41, 5.74) is 6.52. The highest BCUT2D eigenvalue weighted by Crippen LogP contribution is 2.24. The van der Waals surface area contributed by atoms with Crippen LogP contribution in [-0.2, 0) is 0 Å². The van der Waals surface area contributed by atoms with Crippen LogP contribution in [0, 0.1) is 0 Å². The van der Waals surface area contributed by atoms with Gasteiger partial charge in [-0.05, 0) is 40.1 Å². The van der Waals surface area contributed by atoms with Crippen molar-refractivity contribution in [1.82, 2.24) is 10.2 Å². The van der Waals surface area contributed by atoms with E-state index in [1.54, 1.807) is 18.2 Å². The number of rotatable bonds is 5. The highest BCUT2D eigenvalue weighted by atomic mass is 16.5. The number of amides is 1. The molecule has 0 aliphatic carbocycles. The number of likely N-dealkylation sites (N-methyl/N-ethyl adjacent to an activating group) is 1. The smallest absolute Gasteiger partial charge is 0.257 e. The first-order valence-electron chi connectivity index (χ1n) is 6.17. The third kappa shape index (κ3) is 3.61. The number of ether oxygens (including phenoxy) is 1. The predicted octanol–water partition coefficient (Wildman–Crippen LogP) is 1.35. The van der Waals surface area contributed by atoms with Crippen LogP contribution in [0.2, 0.25) is 0 Å². The molecule has 0 heterocycles. The Balaban J connectivity index is 2.85. The van der Waals surface area contributed by atoms with Crippen molar-refractivity contribution in [2.45, 2.75) is 19.4 Å². The van der Waals surface area contributed by atoms with Crippen molar-refractivity contribution in [2.75, 3.05) is 33.5 Å². The average Bonchev–Trinajstić information content (AvgIpc) is 2.35. The van der Waals surface area contributed by atoms with Gasteiger partial charge in [0.05, 0.1) is 7.11 Å². The van der Waals surface area contributed by atoms with Gasteiger partial charge in [0.2, 0.25) is 0 Å². The summed E-state index contributed by atoms with van der Waals surface area (Å²) in [5.74, 6) is 0.269. The lowest BCUT2D eigenvalue weighted by atomic mass is 10.0. The van der Waals surface area contributed by atoms with Crippen LogP contribution in [0.1, 0.15) is 24.2 Å². The number of nitrogens with zero attached hydrogens (tertiary/aromatic N) is 1. The van der Waals surface area contributed by atoms with E-state index >= 15 is 0 Å². The molecule has 0 saturated carbocycles. The largest absolute Gasteiger partial charge is 0.496 e. The van der Waals surface area contributed by atoms with Crippen LogP contribution in [0.4, 0.5) is 5.69 Å². The van der Waals surface area contributed by atoms with Gasteiger partial charge in [0.1, 0.15) is 11.3 Å². The van der Waals surface area contributed by atoms with Crippen LogP contribution in [0.15, 0.2) is 18.2 Å². The number of carbonyl (C=O) groups excluding carboxylic acids is 1. The van der Waals surface area contributed by atoms with Gasteiger partial charge in [0, 0.05) is 17.8 Å². The fourth-order valence-corrected chi connectivity index (χ4v) is 1.50. The Labute approximate surface area is 114 Å². The van der Waals surface area contributed by atoms with E-state index in [0.717, 1.165) is 0 Å². The second-order valence-electron chi connectivity index (χ2n) is 5.31. The molecule has 1 aromatic rings. The molecule has 1 amide bonds. The molecule has 0 aliphatic rings. The number of nitrogens with one attached hydrogen (secondary N) is 1. The Morgan fingerprint density at radius 2 is 2.05 bits per heavy atom. The van der Waals surface area contributed by atoms with Gasteiger partial charge in [-0.2, -0.15) is 0 Å². The first-order chi connectivity index (χ1) is 8.79. The average molecular weight is 265 g/mol. The number of nitrogen functional groups attached to an aromatic ring is 1. The van der Waals surface area contributed by atoms with Gasteiger partial charge in [0.15, 0.2) is 0 Å². The molecular weight excluding hydrogens is 242 g/mol. The van der Waals surface area contributed by atoms with Gasteiger partial charge in [-0.3, -0.25) is 4.79 Å². The molecule has 1 aromatic carbocycles. The van der Waals surface area contributed by atoms with E-state index in [2.05, 4.69) is 24.1 Å². The second kappa shape index (κ2) is 5.93. The molecule has 0 saturated heterocycles. The standard InChI is InChI=1S/C14H23N3O2/c1-14(2,17(3)4)9-16-13(18)12-10(15)7-6-8-11(12)19-5/h6-8H,9,15H2,1-5H3,(H,16,18). The summed E-state index contributed by atoms with van der Waals surface area (Å²) in [6, 6.07) is 5.17. The maximum Gasteiger partial charge on any atom is 0.257 e. The molecule has 0 spiro atoms. The Morgan fingerprint density at radius 1 is 1.42 bits per heavy atom. The third-order valence-corrected chi connectivity index (χ3v) is 3.40. The number of hydrogen-bond acceptors (Lipinski definition) is 4. The molecule has 3 N–H and O–H groups in total. The van der Waals surface area contributed by atoms with Crippen molar-refractivity contribution in [3.8, 4) is 5.75 Å². The van der Waals surface area contributed by atoms with Crippen molar-refractivity contribution in [1.29, 1.82) is 0 Å². The summed E-state index contributed by atoms with van der Waals surface area (Å²) in [4.78, 5) is 14.3. The van der Waals surface area contributed by atoms with Crippen molar-refractivity contribution in [3.05, 3.63) is 23.8 Å².